The van der Waals surface area contributed by atoms with Gasteiger partial charge in [-0.15, -0.1) is 12.4 Å². The van der Waals surface area contributed by atoms with E-state index in [1.54, 1.807) is 48.2 Å². The van der Waals surface area contributed by atoms with Crippen molar-refractivity contribution < 1.29 is 18.7 Å². The molecule has 0 N–H and O–H groups in total. The van der Waals surface area contributed by atoms with Crippen LogP contribution < -0.4 is 14.9 Å². The monoisotopic (exact) mass is 522 g/mol. The van der Waals surface area contributed by atoms with Gasteiger partial charge in [-0.3, -0.25) is 9.59 Å². The molecule has 0 unspecified atom stereocenters. The fourth-order valence-corrected chi connectivity index (χ4v) is 4.49. The highest BCUT2D eigenvalue weighted by atomic mass is 35.5. The molecule has 0 atom stereocenters. The first-order chi connectivity index (χ1) is 16.3. The summed E-state index contributed by atoms with van der Waals surface area (Å²) >= 11 is 1.28. The highest BCUT2D eigenvalue weighted by Crippen LogP contribution is 2.30. The summed E-state index contributed by atoms with van der Waals surface area (Å²) in [5.74, 6) is 1.18. The van der Waals surface area contributed by atoms with Crippen molar-refractivity contribution in [2.45, 2.75) is 26.3 Å². The second kappa shape index (κ2) is 13.5. The second-order valence-corrected chi connectivity index (χ2v) is 9.34. The summed E-state index contributed by atoms with van der Waals surface area (Å²) in [7, 11) is 5.49. The Morgan fingerprint density at radius 3 is 2.49 bits per heavy atom. The molecule has 3 aromatic rings. The first-order valence-electron chi connectivity index (χ1n) is 11.3. The van der Waals surface area contributed by atoms with Crippen molar-refractivity contribution in [2.75, 3.05) is 40.1 Å². The molecule has 0 aliphatic heterocycles. The van der Waals surface area contributed by atoms with Gasteiger partial charge in [0.1, 0.15) is 17.3 Å². The summed E-state index contributed by atoms with van der Waals surface area (Å²) < 4.78 is 27.9. The molecule has 0 amide bonds. The molecule has 1 heterocycles. The van der Waals surface area contributed by atoms with E-state index in [2.05, 4.69) is 0 Å². The number of thioether (sulfide) groups is 1. The number of benzene rings is 2. The maximum Gasteiger partial charge on any atom is 0.200 e. The summed E-state index contributed by atoms with van der Waals surface area (Å²) in [5, 5.41) is 0.0155. The number of hydrogen-bond donors (Lipinski definition) is 0. The number of halogens is 2. The van der Waals surface area contributed by atoms with Crippen LogP contribution in [0, 0.1) is 5.82 Å². The average Bonchev–Trinajstić information content (AvgIpc) is 2.83. The number of methoxy groups -OCH3 is 1. The molecule has 1 aromatic heterocycles. The SMILES string of the molecule is CCCOc1ccc(F)c2c(=O)c(-c3ccc(OC)cc3)cn(CCC(=O)SCCN(C)C)c12.Cl. The predicted molar refractivity (Wildman–Crippen MR) is 144 cm³/mol. The van der Waals surface area contributed by atoms with Gasteiger partial charge in [0.05, 0.1) is 24.6 Å². The highest BCUT2D eigenvalue weighted by molar-refractivity contribution is 8.13. The van der Waals surface area contributed by atoms with Gasteiger partial charge in [-0.25, -0.2) is 4.39 Å². The van der Waals surface area contributed by atoms with E-state index in [4.69, 9.17) is 9.47 Å². The van der Waals surface area contributed by atoms with Crippen molar-refractivity contribution in [1.82, 2.24) is 9.47 Å². The van der Waals surface area contributed by atoms with E-state index < -0.39 is 11.2 Å². The average molecular weight is 523 g/mol. The molecule has 190 valence electrons. The van der Waals surface area contributed by atoms with Gasteiger partial charge in [0, 0.05) is 37.0 Å². The van der Waals surface area contributed by atoms with Gasteiger partial charge in [-0.05, 0) is 50.3 Å². The number of hydrogen-bond acceptors (Lipinski definition) is 6. The molecular formula is C26H32ClFN2O4S. The van der Waals surface area contributed by atoms with E-state index in [0.29, 0.717) is 47.0 Å². The van der Waals surface area contributed by atoms with Gasteiger partial charge in [0.25, 0.3) is 0 Å². The quantitative estimate of drug-likeness (QED) is 0.343. The normalized spacial score (nSPS) is 10.9. The Bertz CT molecular complexity index is 1200. The van der Waals surface area contributed by atoms with E-state index in [1.165, 1.54) is 17.8 Å². The molecule has 0 fully saturated rings. The van der Waals surface area contributed by atoms with Gasteiger partial charge in [-0.2, -0.15) is 0 Å². The standard InChI is InChI=1S/C26H31FN2O4S.ClH/c1-5-15-33-22-11-10-21(27)24-25(22)29(13-12-23(30)34-16-14-28(2)3)17-20(26(24)31)18-6-8-19(32-4)9-7-18;/h6-11,17H,5,12-16H2,1-4H3;1H. The number of nitrogens with zero attached hydrogens (tertiary/aromatic N) is 2. The van der Waals surface area contributed by atoms with Gasteiger partial charge in [0.15, 0.2) is 10.5 Å². The number of carbonyl (C=O) groups excluding carboxylic acids is 1. The van der Waals surface area contributed by atoms with Crippen molar-refractivity contribution in [3.8, 4) is 22.6 Å². The zero-order valence-corrected chi connectivity index (χ0v) is 22.1. The van der Waals surface area contributed by atoms with Gasteiger partial charge in [-0.1, -0.05) is 30.8 Å². The lowest BCUT2D eigenvalue weighted by atomic mass is 10.0. The number of carbonyl (C=O) groups is 1. The van der Waals surface area contributed by atoms with Crippen molar-refractivity contribution in [3.05, 3.63) is 58.6 Å². The molecule has 3 rings (SSSR count). The van der Waals surface area contributed by atoms with Gasteiger partial charge < -0.3 is 18.9 Å². The lowest BCUT2D eigenvalue weighted by Crippen LogP contribution is -2.17. The number of ether oxygens (including phenoxy) is 2. The molecule has 0 saturated heterocycles. The number of fused-ring (bicyclic) bond motifs is 1. The topological polar surface area (TPSA) is 60.8 Å². The Kier molecular flexibility index (Phi) is 11.1. The van der Waals surface area contributed by atoms with Crippen LogP contribution in [0.3, 0.4) is 0 Å². The van der Waals surface area contributed by atoms with Gasteiger partial charge in [0.2, 0.25) is 0 Å². The molecule has 6 nitrogen and oxygen atoms in total. The fourth-order valence-electron chi connectivity index (χ4n) is 3.57. The molecule has 35 heavy (non-hydrogen) atoms. The summed E-state index contributed by atoms with van der Waals surface area (Å²) in [5.41, 5.74) is 0.964. The summed E-state index contributed by atoms with van der Waals surface area (Å²) in [6.07, 6.45) is 2.72. The van der Waals surface area contributed by atoms with Crippen LogP contribution in [0.1, 0.15) is 19.8 Å². The molecule has 0 aliphatic carbocycles. The van der Waals surface area contributed by atoms with Crippen molar-refractivity contribution in [3.63, 3.8) is 0 Å². The van der Waals surface area contributed by atoms with E-state index in [0.717, 1.165) is 13.0 Å². The minimum Gasteiger partial charge on any atom is -0.497 e. The Morgan fingerprint density at radius 2 is 1.86 bits per heavy atom. The third-order valence-corrected chi connectivity index (χ3v) is 6.27. The van der Waals surface area contributed by atoms with Crippen LogP contribution in [0.15, 0.2) is 47.4 Å². The van der Waals surface area contributed by atoms with E-state index in [-0.39, 0.29) is 29.3 Å². The molecule has 2 aromatic carbocycles. The lowest BCUT2D eigenvalue weighted by molar-refractivity contribution is -0.111. The highest BCUT2D eigenvalue weighted by Gasteiger charge is 2.19. The maximum atomic E-state index is 15.0. The first-order valence-corrected chi connectivity index (χ1v) is 12.3. The Labute approximate surface area is 215 Å². The van der Waals surface area contributed by atoms with Crippen LogP contribution in [-0.2, 0) is 11.3 Å². The Hall–Kier alpha value is -2.55. The summed E-state index contributed by atoms with van der Waals surface area (Å²) in [4.78, 5) is 27.9. The fraction of sp³-hybridized carbons (Fsp3) is 0.385. The molecule has 9 heteroatoms. The molecular weight excluding hydrogens is 491 g/mol. The third-order valence-electron chi connectivity index (χ3n) is 5.35. The number of pyridine rings is 1. The number of rotatable bonds is 11. The van der Waals surface area contributed by atoms with Crippen molar-refractivity contribution >= 4 is 40.2 Å². The lowest BCUT2D eigenvalue weighted by Gasteiger charge is -2.17. The van der Waals surface area contributed by atoms with Crippen LogP contribution in [0.25, 0.3) is 22.0 Å². The first kappa shape index (κ1) is 28.7. The molecule has 0 bridgehead atoms. The summed E-state index contributed by atoms with van der Waals surface area (Å²) in [6, 6.07) is 9.85. The van der Waals surface area contributed by atoms with E-state index >= 15 is 4.39 Å². The smallest absolute Gasteiger partial charge is 0.200 e. The summed E-state index contributed by atoms with van der Waals surface area (Å²) in [6.45, 7) is 3.53. The number of aryl methyl sites for hydroxylation is 1. The van der Waals surface area contributed by atoms with Crippen molar-refractivity contribution in [1.29, 1.82) is 0 Å². The van der Waals surface area contributed by atoms with Crippen LogP contribution in [0.5, 0.6) is 11.5 Å². The Morgan fingerprint density at radius 1 is 1.14 bits per heavy atom. The predicted octanol–water partition coefficient (Wildman–Crippen LogP) is 5.24. The molecule has 0 radical (unpaired) electrons. The minimum absolute atomic E-state index is 0. The molecule has 0 spiro atoms. The van der Waals surface area contributed by atoms with Crippen LogP contribution >= 0.6 is 24.2 Å². The van der Waals surface area contributed by atoms with Crippen LogP contribution in [-0.4, -0.2) is 54.7 Å². The second-order valence-electron chi connectivity index (χ2n) is 8.19. The van der Waals surface area contributed by atoms with E-state index in [1.807, 2.05) is 25.9 Å². The zero-order valence-electron chi connectivity index (χ0n) is 20.5. The molecule has 0 aliphatic rings. The number of aromatic nitrogens is 1. The van der Waals surface area contributed by atoms with Crippen LogP contribution in [0.2, 0.25) is 0 Å². The minimum atomic E-state index is -0.611. The Balaban J connectivity index is 0.00000432. The maximum absolute atomic E-state index is 15.0. The van der Waals surface area contributed by atoms with Crippen molar-refractivity contribution in [2.24, 2.45) is 0 Å². The van der Waals surface area contributed by atoms with Crippen LogP contribution in [0.4, 0.5) is 4.39 Å². The third kappa shape index (κ3) is 7.22. The van der Waals surface area contributed by atoms with Gasteiger partial charge >= 0.3 is 0 Å². The zero-order chi connectivity index (χ0) is 24.7. The molecule has 0 saturated carbocycles. The van der Waals surface area contributed by atoms with E-state index in [9.17, 15) is 9.59 Å². The largest absolute Gasteiger partial charge is 0.497 e.